The number of amides is 2. The van der Waals surface area contributed by atoms with Crippen molar-refractivity contribution in [3.8, 4) is 0 Å². The van der Waals surface area contributed by atoms with Gasteiger partial charge in [0.1, 0.15) is 6.54 Å². The summed E-state index contributed by atoms with van der Waals surface area (Å²) < 4.78 is 76.8. The Bertz CT molecular complexity index is 910. The van der Waals surface area contributed by atoms with Crippen molar-refractivity contribution in [1.82, 2.24) is 14.7 Å². The van der Waals surface area contributed by atoms with E-state index in [9.17, 15) is 35.9 Å². The number of rotatable bonds is 5. The lowest BCUT2D eigenvalue weighted by molar-refractivity contribution is -0.142. The van der Waals surface area contributed by atoms with Crippen molar-refractivity contribution in [1.29, 1.82) is 0 Å². The van der Waals surface area contributed by atoms with Crippen LogP contribution in [-0.4, -0.2) is 40.1 Å². The van der Waals surface area contributed by atoms with Crippen LogP contribution in [0.1, 0.15) is 11.3 Å². The number of alkyl halides is 6. The number of likely N-dealkylation sites (N-methyl/N-ethyl adjacent to an activating group) is 1. The standard InChI is InChI=1S/C16H13ClF6N4O2/c1-26(14(29)8-27-5-4-12(25-27)16(21,22)23)7-13(28)24-9-2-3-11(17)10(6-9)15(18,19)20/h2-6H,7-8H2,1H3,(H,24,28). The number of carbonyl (C=O) groups excluding carboxylic acids is 2. The molecule has 2 aromatic rings. The van der Waals surface area contributed by atoms with Gasteiger partial charge in [-0.1, -0.05) is 11.6 Å². The zero-order chi connectivity index (χ0) is 22.0. The van der Waals surface area contributed by atoms with Gasteiger partial charge in [-0.2, -0.15) is 31.4 Å². The molecule has 2 amide bonds. The lowest BCUT2D eigenvalue weighted by atomic mass is 10.2. The maximum atomic E-state index is 12.8. The molecule has 0 aliphatic rings. The smallest absolute Gasteiger partial charge is 0.335 e. The van der Waals surface area contributed by atoms with E-state index in [0.717, 1.165) is 27.9 Å². The fraction of sp³-hybridized carbons (Fsp3) is 0.312. The highest BCUT2D eigenvalue weighted by Gasteiger charge is 2.34. The summed E-state index contributed by atoms with van der Waals surface area (Å²) >= 11 is 5.49. The highest BCUT2D eigenvalue weighted by molar-refractivity contribution is 6.31. The third kappa shape index (κ3) is 6.11. The van der Waals surface area contributed by atoms with Crippen LogP contribution < -0.4 is 5.32 Å². The number of hydrogen-bond donors (Lipinski definition) is 1. The number of carbonyl (C=O) groups is 2. The zero-order valence-corrected chi connectivity index (χ0v) is 15.4. The van der Waals surface area contributed by atoms with E-state index in [0.29, 0.717) is 12.1 Å². The van der Waals surface area contributed by atoms with Crippen molar-refractivity contribution in [2.75, 3.05) is 18.9 Å². The van der Waals surface area contributed by atoms with Crippen molar-refractivity contribution in [2.24, 2.45) is 0 Å². The Morgan fingerprint density at radius 3 is 2.34 bits per heavy atom. The van der Waals surface area contributed by atoms with Gasteiger partial charge in [-0.15, -0.1) is 0 Å². The van der Waals surface area contributed by atoms with Crippen molar-refractivity contribution in [3.05, 3.63) is 46.7 Å². The molecular weight excluding hydrogens is 430 g/mol. The highest BCUT2D eigenvalue weighted by Crippen LogP contribution is 2.36. The SMILES string of the molecule is CN(CC(=O)Nc1ccc(Cl)c(C(F)(F)F)c1)C(=O)Cn1ccc(C(F)(F)F)n1. The molecule has 0 unspecified atom stereocenters. The molecule has 0 radical (unpaired) electrons. The van der Waals surface area contributed by atoms with E-state index in [2.05, 4.69) is 10.4 Å². The van der Waals surface area contributed by atoms with Gasteiger partial charge in [-0.25, -0.2) is 0 Å². The van der Waals surface area contributed by atoms with Crippen molar-refractivity contribution >= 4 is 29.1 Å². The average molecular weight is 443 g/mol. The quantitative estimate of drug-likeness (QED) is 0.719. The molecule has 0 saturated heterocycles. The number of anilines is 1. The molecule has 0 saturated carbocycles. The molecule has 0 aliphatic heterocycles. The van der Waals surface area contributed by atoms with E-state index in [-0.39, 0.29) is 5.69 Å². The molecule has 29 heavy (non-hydrogen) atoms. The van der Waals surface area contributed by atoms with E-state index in [4.69, 9.17) is 11.6 Å². The lowest BCUT2D eigenvalue weighted by Gasteiger charge is -2.17. The van der Waals surface area contributed by atoms with E-state index in [1.807, 2.05) is 0 Å². The summed E-state index contributed by atoms with van der Waals surface area (Å²) in [5, 5.41) is 4.87. The van der Waals surface area contributed by atoms with Crippen LogP contribution in [0, 0.1) is 0 Å². The predicted octanol–water partition coefficient (Wildman–Crippen LogP) is 3.67. The number of hydrogen-bond acceptors (Lipinski definition) is 3. The van der Waals surface area contributed by atoms with Crippen LogP contribution in [0.5, 0.6) is 0 Å². The Kier molecular flexibility index (Phi) is 6.46. The molecule has 2 rings (SSSR count). The Hall–Kier alpha value is -2.76. The summed E-state index contributed by atoms with van der Waals surface area (Å²) in [7, 11) is 1.21. The van der Waals surface area contributed by atoms with Crippen LogP contribution >= 0.6 is 11.6 Å². The first-order valence-electron chi connectivity index (χ1n) is 7.78. The first-order chi connectivity index (χ1) is 13.3. The first kappa shape index (κ1) is 22.5. The maximum absolute atomic E-state index is 12.8. The fourth-order valence-electron chi connectivity index (χ4n) is 2.18. The van der Waals surface area contributed by atoms with Gasteiger partial charge in [0.2, 0.25) is 11.8 Å². The third-order valence-electron chi connectivity index (χ3n) is 3.59. The molecule has 158 valence electrons. The summed E-state index contributed by atoms with van der Waals surface area (Å²) in [5.41, 5.74) is -2.50. The molecule has 0 fully saturated rings. The van der Waals surface area contributed by atoms with Crippen LogP contribution in [-0.2, 0) is 28.5 Å². The average Bonchev–Trinajstić information content (AvgIpc) is 3.04. The minimum absolute atomic E-state index is 0.186. The van der Waals surface area contributed by atoms with Gasteiger partial charge < -0.3 is 10.2 Å². The summed E-state index contributed by atoms with van der Waals surface area (Å²) in [6.45, 7) is -1.10. The number of halogens is 7. The highest BCUT2D eigenvalue weighted by atomic mass is 35.5. The molecule has 0 aliphatic carbocycles. The number of benzene rings is 1. The van der Waals surface area contributed by atoms with Crippen LogP contribution in [0.15, 0.2) is 30.5 Å². The molecule has 1 heterocycles. The van der Waals surface area contributed by atoms with Crippen molar-refractivity contribution in [3.63, 3.8) is 0 Å². The summed E-state index contributed by atoms with van der Waals surface area (Å²) in [6, 6.07) is 3.45. The summed E-state index contributed by atoms with van der Waals surface area (Å²) in [5.74, 6) is -1.54. The molecule has 0 bridgehead atoms. The summed E-state index contributed by atoms with van der Waals surface area (Å²) in [6.07, 6.45) is -8.42. The van der Waals surface area contributed by atoms with Gasteiger partial charge >= 0.3 is 12.4 Å². The molecular formula is C16H13ClF6N4O2. The van der Waals surface area contributed by atoms with Gasteiger partial charge in [0.15, 0.2) is 5.69 Å². The largest absolute Gasteiger partial charge is 0.435 e. The summed E-state index contributed by atoms with van der Waals surface area (Å²) in [4.78, 5) is 24.9. The van der Waals surface area contributed by atoms with Gasteiger partial charge in [0.25, 0.3) is 0 Å². The second-order valence-corrected chi connectivity index (χ2v) is 6.29. The van der Waals surface area contributed by atoms with E-state index >= 15 is 0 Å². The minimum Gasteiger partial charge on any atom is -0.335 e. The zero-order valence-electron chi connectivity index (χ0n) is 14.6. The van der Waals surface area contributed by atoms with Gasteiger partial charge in [0, 0.05) is 18.9 Å². The monoisotopic (exact) mass is 442 g/mol. The number of nitrogens with one attached hydrogen (secondary N) is 1. The normalized spacial score (nSPS) is 12.0. The van der Waals surface area contributed by atoms with Crippen molar-refractivity contribution < 1.29 is 35.9 Å². The molecule has 0 spiro atoms. The lowest BCUT2D eigenvalue weighted by Crippen LogP contribution is -2.37. The Balaban J connectivity index is 1.96. The molecule has 0 atom stereocenters. The second kappa shape index (κ2) is 8.31. The Labute approximate surface area is 165 Å². The maximum Gasteiger partial charge on any atom is 0.435 e. The van der Waals surface area contributed by atoms with E-state index in [1.165, 1.54) is 7.05 Å². The van der Waals surface area contributed by atoms with Gasteiger partial charge in [0.05, 0.1) is 17.1 Å². The van der Waals surface area contributed by atoms with Crippen LogP contribution in [0.2, 0.25) is 5.02 Å². The molecule has 1 N–H and O–H groups in total. The molecule has 13 heteroatoms. The Morgan fingerprint density at radius 2 is 1.79 bits per heavy atom. The second-order valence-electron chi connectivity index (χ2n) is 5.89. The van der Waals surface area contributed by atoms with E-state index < -0.39 is 53.5 Å². The van der Waals surface area contributed by atoms with Crippen LogP contribution in [0.4, 0.5) is 32.0 Å². The van der Waals surface area contributed by atoms with Gasteiger partial charge in [-0.3, -0.25) is 14.3 Å². The van der Waals surface area contributed by atoms with Crippen molar-refractivity contribution in [2.45, 2.75) is 18.9 Å². The minimum atomic E-state index is -4.72. The predicted molar refractivity (Wildman–Crippen MR) is 89.9 cm³/mol. The Morgan fingerprint density at radius 1 is 1.14 bits per heavy atom. The molecule has 1 aromatic heterocycles. The number of nitrogens with zero attached hydrogens (tertiary/aromatic N) is 3. The first-order valence-corrected chi connectivity index (χ1v) is 8.16. The van der Waals surface area contributed by atoms with Crippen LogP contribution in [0.25, 0.3) is 0 Å². The van der Waals surface area contributed by atoms with Crippen LogP contribution in [0.3, 0.4) is 0 Å². The van der Waals surface area contributed by atoms with Gasteiger partial charge in [-0.05, 0) is 24.3 Å². The number of aromatic nitrogens is 2. The van der Waals surface area contributed by atoms with E-state index in [1.54, 1.807) is 0 Å². The third-order valence-corrected chi connectivity index (χ3v) is 3.92. The molecule has 1 aromatic carbocycles. The topological polar surface area (TPSA) is 67.2 Å². The fourth-order valence-corrected chi connectivity index (χ4v) is 2.41. The molecule has 6 nitrogen and oxygen atoms in total.